The van der Waals surface area contributed by atoms with Gasteiger partial charge in [-0.1, -0.05) is 42.5 Å². The van der Waals surface area contributed by atoms with E-state index < -0.39 is 17.4 Å². The van der Waals surface area contributed by atoms with Crippen LogP contribution in [0.4, 0.5) is 0 Å². The molecule has 0 unspecified atom stereocenters. The molecule has 0 spiro atoms. The Morgan fingerprint density at radius 3 is 2.52 bits per heavy atom. The lowest BCUT2D eigenvalue weighted by Crippen LogP contribution is -2.51. The normalized spacial score (nSPS) is 17.2. The number of nitrogens with zero attached hydrogens (tertiary/aromatic N) is 2. The first-order valence-electron chi connectivity index (χ1n) is 6.65. The van der Waals surface area contributed by atoms with Crippen LogP contribution in [0.25, 0.3) is 0 Å². The van der Waals surface area contributed by atoms with Crippen molar-refractivity contribution < 1.29 is 14.7 Å². The van der Waals surface area contributed by atoms with E-state index in [1.807, 2.05) is 0 Å². The Labute approximate surface area is 131 Å². The first-order valence-corrected chi connectivity index (χ1v) is 7.40. The molecule has 0 aromatic carbocycles. The van der Waals surface area contributed by atoms with Crippen LogP contribution >= 0.6 is 23.2 Å². The number of aromatic nitrogens is 2. The van der Waals surface area contributed by atoms with Crippen LogP contribution in [0.1, 0.15) is 48.9 Å². The summed E-state index contributed by atoms with van der Waals surface area (Å²) >= 11 is 11.6. The molecule has 21 heavy (non-hydrogen) atoms. The van der Waals surface area contributed by atoms with Crippen molar-refractivity contribution in [2.75, 3.05) is 0 Å². The number of carboxylic acid groups (broad SMARTS) is 1. The largest absolute Gasteiger partial charge is 0.481 e. The number of amides is 1. The third-order valence-corrected chi connectivity index (χ3v) is 4.11. The van der Waals surface area contributed by atoms with E-state index in [4.69, 9.17) is 28.3 Å². The molecule has 1 saturated carbocycles. The van der Waals surface area contributed by atoms with Gasteiger partial charge < -0.3 is 10.4 Å². The van der Waals surface area contributed by atoms with Gasteiger partial charge in [0.05, 0.1) is 17.5 Å². The fourth-order valence-electron chi connectivity index (χ4n) is 2.68. The monoisotopic (exact) mass is 331 g/mol. The summed E-state index contributed by atoms with van der Waals surface area (Å²) < 4.78 is 0. The minimum Gasteiger partial charge on any atom is -0.481 e. The third-order valence-electron chi connectivity index (χ3n) is 3.64. The number of halogens is 2. The van der Waals surface area contributed by atoms with Gasteiger partial charge in [-0.3, -0.25) is 9.59 Å². The second kappa shape index (κ2) is 6.58. The molecule has 1 fully saturated rings. The standard InChI is InChI=1S/C13H15Cl2N3O3/c14-9-6-8(11(15)18-17-9)12(21)16-13(7-10(19)20)4-2-1-3-5-13/h6H,1-5,7H2,(H,16,21)(H,19,20). The van der Waals surface area contributed by atoms with Crippen LogP contribution in [-0.4, -0.2) is 32.7 Å². The molecule has 0 aliphatic heterocycles. The summed E-state index contributed by atoms with van der Waals surface area (Å²) in [5, 5.41) is 19.0. The number of nitrogens with one attached hydrogen (secondary N) is 1. The van der Waals surface area contributed by atoms with E-state index in [2.05, 4.69) is 15.5 Å². The van der Waals surface area contributed by atoms with Crippen molar-refractivity contribution in [3.8, 4) is 0 Å². The Balaban J connectivity index is 2.21. The Morgan fingerprint density at radius 1 is 1.24 bits per heavy atom. The van der Waals surface area contributed by atoms with Crippen LogP contribution in [0.3, 0.4) is 0 Å². The lowest BCUT2D eigenvalue weighted by Gasteiger charge is -2.37. The van der Waals surface area contributed by atoms with Crippen LogP contribution in [0.5, 0.6) is 0 Å². The van der Waals surface area contributed by atoms with E-state index in [9.17, 15) is 9.59 Å². The van der Waals surface area contributed by atoms with Crippen LogP contribution in [0, 0.1) is 0 Å². The Hall–Kier alpha value is -1.40. The van der Waals surface area contributed by atoms with E-state index in [1.165, 1.54) is 6.07 Å². The predicted molar refractivity (Wildman–Crippen MR) is 77.6 cm³/mol. The van der Waals surface area contributed by atoms with Gasteiger partial charge in [-0.2, -0.15) is 0 Å². The first-order chi connectivity index (χ1) is 9.92. The van der Waals surface area contributed by atoms with Gasteiger partial charge in [0.25, 0.3) is 5.91 Å². The first kappa shape index (κ1) is 16.0. The molecule has 1 aliphatic carbocycles. The molecule has 114 valence electrons. The van der Waals surface area contributed by atoms with Crippen LogP contribution in [-0.2, 0) is 4.79 Å². The van der Waals surface area contributed by atoms with E-state index >= 15 is 0 Å². The molecular weight excluding hydrogens is 317 g/mol. The van der Waals surface area contributed by atoms with Gasteiger partial charge >= 0.3 is 5.97 Å². The molecule has 1 heterocycles. The number of aliphatic carboxylic acids is 1. The average molecular weight is 332 g/mol. The van der Waals surface area contributed by atoms with Crippen molar-refractivity contribution in [1.29, 1.82) is 0 Å². The van der Waals surface area contributed by atoms with Gasteiger partial charge in [-0.05, 0) is 18.9 Å². The highest BCUT2D eigenvalue weighted by molar-refractivity contribution is 6.34. The second-order valence-corrected chi connectivity index (χ2v) is 5.98. The van der Waals surface area contributed by atoms with Gasteiger partial charge in [-0.15, -0.1) is 10.2 Å². The number of hydrogen-bond acceptors (Lipinski definition) is 4. The minimum absolute atomic E-state index is 0.0560. The Bertz CT molecular complexity index is 560. The summed E-state index contributed by atoms with van der Waals surface area (Å²) in [6, 6.07) is 1.32. The highest BCUT2D eigenvalue weighted by atomic mass is 35.5. The maximum atomic E-state index is 12.4. The smallest absolute Gasteiger partial charge is 0.305 e. The third kappa shape index (κ3) is 4.04. The van der Waals surface area contributed by atoms with Crippen molar-refractivity contribution >= 4 is 35.1 Å². The van der Waals surface area contributed by atoms with Crippen LogP contribution in [0.2, 0.25) is 10.3 Å². The molecule has 0 bridgehead atoms. The summed E-state index contributed by atoms with van der Waals surface area (Å²) in [6.07, 6.45) is 3.97. The molecule has 1 aromatic rings. The lowest BCUT2D eigenvalue weighted by atomic mass is 9.79. The SMILES string of the molecule is O=C(O)CC1(NC(=O)c2cc(Cl)nnc2Cl)CCCCC1. The number of carbonyl (C=O) groups excluding carboxylic acids is 1. The van der Waals surface area contributed by atoms with Gasteiger partial charge in [0.15, 0.2) is 10.3 Å². The average Bonchev–Trinajstić information content (AvgIpc) is 2.41. The minimum atomic E-state index is -0.936. The van der Waals surface area contributed by atoms with Crippen molar-refractivity contribution in [1.82, 2.24) is 15.5 Å². The number of carboxylic acids is 1. The summed E-state index contributed by atoms with van der Waals surface area (Å²) in [6.45, 7) is 0. The van der Waals surface area contributed by atoms with E-state index in [0.717, 1.165) is 19.3 Å². The zero-order valence-electron chi connectivity index (χ0n) is 11.2. The van der Waals surface area contributed by atoms with Gasteiger partial charge in [0.1, 0.15) is 0 Å². The van der Waals surface area contributed by atoms with Gasteiger partial charge in [-0.25, -0.2) is 0 Å². The zero-order chi connectivity index (χ0) is 15.5. The summed E-state index contributed by atoms with van der Waals surface area (Å²) in [7, 11) is 0. The van der Waals surface area contributed by atoms with Crippen LogP contribution in [0.15, 0.2) is 6.07 Å². The van der Waals surface area contributed by atoms with Crippen molar-refractivity contribution in [2.24, 2.45) is 0 Å². The van der Waals surface area contributed by atoms with Crippen molar-refractivity contribution in [2.45, 2.75) is 44.1 Å². The van der Waals surface area contributed by atoms with E-state index in [0.29, 0.717) is 12.8 Å². The maximum Gasteiger partial charge on any atom is 0.305 e. The van der Waals surface area contributed by atoms with Gasteiger partial charge in [0, 0.05) is 0 Å². The summed E-state index contributed by atoms with van der Waals surface area (Å²) in [4.78, 5) is 23.4. The topological polar surface area (TPSA) is 92.2 Å². The fourth-order valence-corrected chi connectivity index (χ4v) is 3.01. The highest BCUT2D eigenvalue weighted by Crippen LogP contribution is 2.32. The molecule has 1 aliphatic rings. The number of carbonyl (C=O) groups is 2. The van der Waals surface area contributed by atoms with E-state index in [-0.39, 0.29) is 22.3 Å². The fraction of sp³-hybridized carbons (Fsp3) is 0.538. The lowest BCUT2D eigenvalue weighted by molar-refractivity contribution is -0.139. The number of hydrogen-bond donors (Lipinski definition) is 2. The quantitative estimate of drug-likeness (QED) is 0.884. The molecule has 1 amide bonds. The summed E-state index contributed by atoms with van der Waals surface area (Å²) in [5.74, 6) is -1.41. The Morgan fingerprint density at radius 2 is 1.90 bits per heavy atom. The highest BCUT2D eigenvalue weighted by Gasteiger charge is 2.36. The zero-order valence-corrected chi connectivity index (χ0v) is 12.7. The van der Waals surface area contributed by atoms with Gasteiger partial charge in [0.2, 0.25) is 0 Å². The van der Waals surface area contributed by atoms with E-state index in [1.54, 1.807) is 0 Å². The molecule has 0 radical (unpaired) electrons. The maximum absolute atomic E-state index is 12.4. The molecule has 0 atom stereocenters. The molecule has 0 saturated heterocycles. The Kier molecular flexibility index (Phi) is 5.00. The molecular formula is C13H15Cl2N3O3. The number of rotatable bonds is 4. The predicted octanol–water partition coefficient (Wildman–Crippen LogP) is 2.69. The molecule has 2 rings (SSSR count). The molecule has 6 nitrogen and oxygen atoms in total. The molecule has 1 aromatic heterocycles. The van der Waals surface area contributed by atoms with Crippen LogP contribution < -0.4 is 5.32 Å². The van der Waals surface area contributed by atoms with Crippen molar-refractivity contribution in [3.05, 3.63) is 21.9 Å². The molecule has 8 heteroatoms. The summed E-state index contributed by atoms with van der Waals surface area (Å²) in [5.41, 5.74) is -0.632. The van der Waals surface area contributed by atoms with Crippen molar-refractivity contribution in [3.63, 3.8) is 0 Å². The second-order valence-electron chi connectivity index (χ2n) is 5.24. The molecule has 2 N–H and O–H groups in total.